The van der Waals surface area contributed by atoms with E-state index < -0.39 is 6.17 Å². The molecule has 0 aliphatic heterocycles. The van der Waals surface area contributed by atoms with Gasteiger partial charge in [0.15, 0.2) is 0 Å². The highest BCUT2D eigenvalue weighted by Crippen LogP contribution is 2.35. The molecule has 82 valence electrons. The zero-order valence-corrected chi connectivity index (χ0v) is 8.95. The second kappa shape index (κ2) is 4.75. The molecule has 2 heteroatoms. The van der Waals surface area contributed by atoms with Crippen LogP contribution in [0.3, 0.4) is 0 Å². The van der Waals surface area contributed by atoms with E-state index in [1.54, 1.807) is 0 Å². The molecule has 0 bridgehead atoms. The largest absolute Gasteiger partial charge is 0.326 e. The molecule has 0 spiro atoms. The van der Waals surface area contributed by atoms with Crippen LogP contribution in [0.25, 0.3) is 0 Å². The maximum atomic E-state index is 13.0. The van der Waals surface area contributed by atoms with Crippen LogP contribution in [-0.2, 0) is 6.54 Å². The smallest absolute Gasteiger partial charge is 0.100 e. The highest BCUT2D eigenvalue weighted by atomic mass is 19.1. The van der Waals surface area contributed by atoms with Gasteiger partial charge in [-0.3, -0.25) is 0 Å². The number of nitrogens with two attached hydrogens (primary N) is 1. The molecule has 1 fully saturated rings. The predicted molar refractivity (Wildman–Crippen MR) is 60.4 cm³/mol. The Hall–Kier alpha value is -0.890. The lowest BCUT2D eigenvalue weighted by molar-refractivity contribution is 0.235. The molecule has 1 aromatic rings. The molecule has 15 heavy (non-hydrogen) atoms. The molecule has 2 N–H and O–H groups in total. The van der Waals surface area contributed by atoms with Gasteiger partial charge in [-0.25, -0.2) is 4.39 Å². The van der Waals surface area contributed by atoms with Gasteiger partial charge < -0.3 is 5.73 Å². The van der Waals surface area contributed by atoms with Gasteiger partial charge in [0.25, 0.3) is 0 Å². The minimum absolute atomic E-state index is 0.525. The first-order valence-corrected chi connectivity index (χ1v) is 5.73. The lowest BCUT2D eigenvalue weighted by Gasteiger charge is -2.26. The number of rotatable bonds is 2. The Kier molecular flexibility index (Phi) is 3.37. The maximum Gasteiger partial charge on any atom is 0.100 e. The number of alkyl halides is 1. The SMILES string of the molecule is NCc1ccccc1C1CCC(F)CC1. The molecular formula is C13H18FN. The highest BCUT2D eigenvalue weighted by Gasteiger charge is 2.22. The van der Waals surface area contributed by atoms with Crippen LogP contribution >= 0.6 is 0 Å². The fraction of sp³-hybridized carbons (Fsp3) is 0.538. The van der Waals surface area contributed by atoms with Crippen molar-refractivity contribution in [1.82, 2.24) is 0 Å². The normalized spacial score (nSPS) is 26.5. The van der Waals surface area contributed by atoms with Gasteiger partial charge in [-0.1, -0.05) is 24.3 Å². The summed E-state index contributed by atoms with van der Waals surface area (Å²) < 4.78 is 13.0. The van der Waals surface area contributed by atoms with Gasteiger partial charge in [-0.15, -0.1) is 0 Å². The third-order valence-corrected chi connectivity index (χ3v) is 3.37. The third kappa shape index (κ3) is 2.37. The molecular weight excluding hydrogens is 189 g/mol. The lowest BCUT2D eigenvalue weighted by atomic mass is 9.81. The molecule has 1 aliphatic rings. The molecule has 0 aromatic heterocycles. The first kappa shape index (κ1) is 10.6. The van der Waals surface area contributed by atoms with Crippen molar-refractivity contribution < 1.29 is 4.39 Å². The number of hydrogen-bond donors (Lipinski definition) is 1. The first-order valence-electron chi connectivity index (χ1n) is 5.73. The second-order valence-corrected chi connectivity index (χ2v) is 4.35. The van der Waals surface area contributed by atoms with E-state index in [-0.39, 0.29) is 0 Å². The summed E-state index contributed by atoms with van der Waals surface area (Å²) in [6.07, 6.45) is 2.79. The van der Waals surface area contributed by atoms with Crippen molar-refractivity contribution in [3.05, 3.63) is 35.4 Å². The Morgan fingerprint density at radius 3 is 2.47 bits per heavy atom. The van der Waals surface area contributed by atoms with Gasteiger partial charge in [-0.2, -0.15) is 0 Å². The van der Waals surface area contributed by atoms with Crippen molar-refractivity contribution in [1.29, 1.82) is 0 Å². The van der Waals surface area contributed by atoms with Gasteiger partial charge >= 0.3 is 0 Å². The van der Waals surface area contributed by atoms with Crippen LogP contribution < -0.4 is 5.73 Å². The topological polar surface area (TPSA) is 26.0 Å². The van der Waals surface area contributed by atoms with E-state index in [1.807, 2.05) is 6.07 Å². The van der Waals surface area contributed by atoms with Crippen LogP contribution in [0.1, 0.15) is 42.7 Å². The van der Waals surface area contributed by atoms with E-state index in [4.69, 9.17) is 5.73 Å². The van der Waals surface area contributed by atoms with Crippen molar-refractivity contribution in [2.75, 3.05) is 0 Å². The monoisotopic (exact) mass is 207 g/mol. The van der Waals surface area contributed by atoms with Crippen molar-refractivity contribution in [3.63, 3.8) is 0 Å². The Morgan fingerprint density at radius 2 is 1.80 bits per heavy atom. The summed E-state index contributed by atoms with van der Waals surface area (Å²) in [5, 5.41) is 0. The summed E-state index contributed by atoms with van der Waals surface area (Å²) in [6, 6.07) is 8.30. The van der Waals surface area contributed by atoms with Crippen molar-refractivity contribution >= 4 is 0 Å². The summed E-state index contributed by atoms with van der Waals surface area (Å²) >= 11 is 0. The Bertz CT molecular complexity index is 316. The molecule has 1 nitrogen and oxygen atoms in total. The summed E-state index contributed by atoms with van der Waals surface area (Å²) in [7, 11) is 0. The Balaban J connectivity index is 2.15. The molecule has 0 saturated heterocycles. The summed E-state index contributed by atoms with van der Waals surface area (Å²) in [5.74, 6) is 0.525. The second-order valence-electron chi connectivity index (χ2n) is 4.35. The van der Waals surface area contributed by atoms with Crippen molar-refractivity contribution in [2.24, 2.45) is 5.73 Å². The molecule has 1 aromatic carbocycles. The maximum absolute atomic E-state index is 13.0. The summed E-state index contributed by atoms with van der Waals surface area (Å²) in [4.78, 5) is 0. The van der Waals surface area contributed by atoms with Crippen LogP contribution in [0.15, 0.2) is 24.3 Å². The van der Waals surface area contributed by atoms with Crippen molar-refractivity contribution in [2.45, 2.75) is 44.3 Å². The van der Waals surface area contributed by atoms with E-state index >= 15 is 0 Å². The van der Waals surface area contributed by atoms with Crippen LogP contribution in [0.2, 0.25) is 0 Å². The quantitative estimate of drug-likeness (QED) is 0.792. The Labute approximate surface area is 90.5 Å². The lowest BCUT2D eigenvalue weighted by Crippen LogP contribution is -2.15. The van der Waals surface area contributed by atoms with Crippen molar-refractivity contribution in [3.8, 4) is 0 Å². The average molecular weight is 207 g/mol. The van der Waals surface area contributed by atoms with E-state index in [1.165, 1.54) is 11.1 Å². The van der Waals surface area contributed by atoms with E-state index in [0.717, 1.165) is 12.8 Å². The van der Waals surface area contributed by atoms with E-state index in [2.05, 4.69) is 18.2 Å². The summed E-state index contributed by atoms with van der Waals surface area (Å²) in [6.45, 7) is 0.589. The van der Waals surface area contributed by atoms with Gasteiger partial charge in [0.05, 0.1) is 0 Å². The fourth-order valence-corrected chi connectivity index (χ4v) is 2.48. The summed E-state index contributed by atoms with van der Waals surface area (Å²) in [5.41, 5.74) is 8.27. The fourth-order valence-electron chi connectivity index (χ4n) is 2.48. The molecule has 0 atom stereocenters. The predicted octanol–water partition coefficient (Wildman–Crippen LogP) is 3.14. The Morgan fingerprint density at radius 1 is 1.13 bits per heavy atom. The molecule has 0 unspecified atom stereocenters. The van der Waals surface area contributed by atoms with Crippen LogP contribution in [0.4, 0.5) is 4.39 Å². The standard InChI is InChI=1S/C13H18FN/c14-12-7-5-10(6-8-12)13-4-2-1-3-11(13)9-15/h1-4,10,12H,5-9,15H2. The highest BCUT2D eigenvalue weighted by molar-refractivity contribution is 5.30. The number of halogens is 1. The molecule has 1 saturated carbocycles. The van der Waals surface area contributed by atoms with Crippen LogP contribution in [-0.4, -0.2) is 6.17 Å². The molecule has 1 aliphatic carbocycles. The average Bonchev–Trinajstić information content (AvgIpc) is 2.30. The number of benzene rings is 1. The third-order valence-electron chi connectivity index (χ3n) is 3.37. The molecule has 0 radical (unpaired) electrons. The van der Waals surface area contributed by atoms with Gasteiger partial charge in [0.2, 0.25) is 0 Å². The zero-order valence-electron chi connectivity index (χ0n) is 8.95. The first-order chi connectivity index (χ1) is 7.31. The van der Waals surface area contributed by atoms with E-state index in [9.17, 15) is 4.39 Å². The van der Waals surface area contributed by atoms with Gasteiger partial charge in [-0.05, 0) is 42.7 Å². The minimum atomic E-state index is -0.578. The molecule has 2 rings (SSSR count). The molecule has 0 heterocycles. The van der Waals surface area contributed by atoms with Crippen LogP contribution in [0.5, 0.6) is 0 Å². The molecule has 0 amide bonds. The van der Waals surface area contributed by atoms with E-state index in [0.29, 0.717) is 25.3 Å². The number of hydrogen-bond acceptors (Lipinski definition) is 1. The zero-order chi connectivity index (χ0) is 10.7. The van der Waals surface area contributed by atoms with Gasteiger partial charge in [0.1, 0.15) is 6.17 Å². The van der Waals surface area contributed by atoms with Crippen LogP contribution in [0, 0.1) is 0 Å². The minimum Gasteiger partial charge on any atom is -0.326 e. The van der Waals surface area contributed by atoms with Gasteiger partial charge in [0, 0.05) is 6.54 Å².